The van der Waals surface area contributed by atoms with Crippen LogP contribution >= 0.6 is 11.6 Å². The van der Waals surface area contributed by atoms with E-state index in [1.54, 1.807) is 0 Å². The van der Waals surface area contributed by atoms with Crippen molar-refractivity contribution < 1.29 is 27.5 Å². The number of nitrogens with one attached hydrogen (secondary N) is 1. The molecule has 2 bridgehead atoms. The van der Waals surface area contributed by atoms with E-state index in [0.717, 1.165) is 7.11 Å². The van der Waals surface area contributed by atoms with E-state index in [9.17, 15) is 22.8 Å². The standard InChI is InChI=1S/C14H12ClF3N2O3/c1-23-10(21)8-2-7(15)3-19-9(8)20-11(22)12-4-13(5-12,6-12)14(16,17)18/h2-3H,4-6H2,1H3,(H,19,20,22). The van der Waals surface area contributed by atoms with E-state index >= 15 is 0 Å². The van der Waals surface area contributed by atoms with Gasteiger partial charge < -0.3 is 10.1 Å². The number of alkyl halides is 3. The summed E-state index contributed by atoms with van der Waals surface area (Å²) in [7, 11) is 1.16. The Balaban J connectivity index is 1.75. The summed E-state index contributed by atoms with van der Waals surface area (Å²) in [5, 5.41) is 2.60. The second-order valence-electron chi connectivity index (χ2n) is 6.08. The molecule has 124 valence electrons. The van der Waals surface area contributed by atoms with Crippen molar-refractivity contribution in [1.82, 2.24) is 4.98 Å². The van der Waals surface area contributed by atoms with Crippen LogP contribution in [0.2, 0.25) is 5.02 Å². The molecule has 0 spiro atoms. The predicted octanol–water partition coefficient (Wildman–Crippen LogP) is 3.19. The number of esters is 1. The normalized spacial score (nSPS) is 28.4. The third-order valence-corrected chi connectivity index (χ3v) is 4.81. The van der Waals surface area contributed by atoms with Gasteiger partial charge in [0, 0.05) is 6.20 Å². The summed E-state index contributed by atoms with van der Waals surface area (Å²) in [5.41, 5.74) is -2.79. The lowest BCUT2D eigenvalue weighted by Crippen LogP contribution is -2.71. The van der Waals surface area contributed by atoms with Gasteiger partial charge in [0.25, 0.3) is 0 Å². The number of nitrogens with zero attached hydrogens (tertiary/aromatic N) is 1. The zero-order valence-electron chi connectivity index (χ0n) is 12.0. The number of carbonyl (C=O) groups excluding carboxylic acids is 2. The molecule has 0 atom stereocenters. The average molecular weight is 349 g/mol. The predicted molar refractivity (Wildman–Crippen MR) is 74.0 cm³/mol. The molecule has 0 unspecified atom stereocenters. The highest BCUT2D eigenvalue weighted by Gasteiger charge is 2.80. The average Bonchev–Trinajstić information content (AvgIpc) is 2.35. The lowest BCUT2D eigenvalue weighted by atomic mass is 9.34. The molecule has 5 nitrogen and oxygen atoms in total. The number of rotatable bonds is 3. The van der Waals surface area contributed by atoms with Crippen molar-refractivity contribution in [1.29, 1.82) is 0 Å². The molecule has 0 saturated heterocycles. The summed E-state index contributed by atoms with van der Waals surface area (Å²) in [5.74, 6) is -1.39. The van der Waals surface area contributed by atoms with Gasteiger partial charge >= 0.3 is 12.1 Å². The molecule has 3 aliphatic rings. The third kappa shape index (κ3) is 2.27. The van der Waals surface area contributed by atoms with Gasteiger partial charge in [0.2, 0.25) is 5.91 Å². The topological polar surface area (TPSA) is 68.3 Å². The minimum Gasteiger partial charge on any atom is -0.465 e. The van der Waals surface area contributed by atoms with Gasteiger partial charge in [-0.15, -0.1) is 0 Å². The quantitative estimate of drug-likeness (QED) is 0.852. The van der Waals surface area contributed by atoms with Crippen LogP contribution in [-0.2, 0) is 9.53 Å². The van der Waals surface area contributed by atoms with Gasteiger partial charge in [-0.1, -0.05) is 11.6 Å². The maximum atomic E-state index is 12.8. The van der Waals surface area contributed by atoms with E-state index in [2.05, 4.69) is 15.0 Å². The van der Waals surface area contributed by atoms with Crippen molar-refractivity contribution in [2.75, 3.05) is 12.4 Å². The molecule has 1 amide bonds. The van der Waals surface area contributed by atoms with E-state index in [1.807, 2.05) is 0 Å². The van der Waals surface area contributed by atoms with Crippen molar-refractivity contribution in [3.05, 3.63) is 22.8 Å². The first kappa shape index (κ1) is 16.0. The van der Waals surface area contributed by atoms with Crippen LogP contribution in [0.25, 0.3) is 0 Å². The Labute approximate surface area is 134 Å². The molecule has 23 heavy (non-hydrogen) atoms. The van der Waals surface area contributed by atoms with Crippen molar-refractivity contribution in [3.8, 4) is 0 Å². The van der Waals surface area contributed by atoms with Gasteiger partial charge in [-0.2, -0.15) is 13.2 Å². The van der Waals surface area contributed by atoms with Crippen LogP contribution in [0, 0.1) is 10.8 Å². The maximum Gasteiger partial charge on any atom is 0.394 e. The Morgan fingerprint density at radius 3 is 2.48 bits per heavy atom. The summed E-state index contributed by atoms with van der Waals surface area (Å²) in [6.45, 7) is 0. The molecule has 3 saturated carbocycles. The molecule has 3 fully saturated rings. The van der Waals surface area contributed by atoms with Crippen molar-refractivity contribution in [3.63, 3.8) is 0 Å². The number of hydrogen-bond donors (Lipinski definition) is 1. The molecule has 0 radical (unpaired) electrons. The number of halogens is 4. The smallest absolute Gasteiger partial charge is 0.394 e. The van der Waals surface area contributed by atoms with Gasteiger partial charge in [0.05, 0.1) is 23.0 Å². The lowest BCUT2D eigenvalue weighted by Gasteiger charge is -2.68. The van der Waals surface area contributed by atoms with Gasteiger partial charge in [-0.05, 0) is 25.3 Å². The second kappa shape index (κ2) is 4.83. The lowest BCUT2D eigenvalue weighted by molar-refractivity contribution is -0.349. The van der Waals surface area contributed by atoms with Crippen LogP contribution in [0.1, 0.15) is 29.6 Å². The number of hydrogen-bond acceptors (Lipinski definition) is 4. The minimum atomic E-state index is -4.29. The highest BCUT2D eigenvalue weighted by Crippen LogP contribution is 2.78. The van der Waals surface area contributed by atoms with Crippen LogP contribution in [-0.4, -0.2) is 30.1 Å². The van der Waals surface area contributed by atoms with Gasteiger partial charge in [-0.3, -0.25) is 4.79 Å². The fourth-order valence-corrected chi connectivity index (χ4v) is 3.53. The molecule has 1 heterocycles. The Morgan fingerprint density at radius 2 is 1.96 bits per heavy atom. The third-order valence-electron chi connectivity index (χ3n) is 4.60. The SMILES string of the molecule is COC(=O)c1cc(Cl)cnc1NC(=O)C12CC(C(F)(F)F)(C1)C2. The molecule has 4 rings (SSSR count). The summed E-state index contributed by atoms with van der Waals surface area (Å²) in [6.07, 6.45) is -3.74. The first-order chi connectivity index (χ1) is 10.6. The number of methoxy groups -OCH3 is 1. The highest BCUT2D eigenvalue weighted by atomic mass is 35.5. The summed E-state index contributed by atoms with van der Waals surface area (Å²) < 4.78 is 43.0. The van der Waals surface area contributed by atoms with Crippen LogP contribution in [0.5, 0.6) is 0 Å². The van der Waals surface area contributed by atoms with Crippen LogP contribution in [0.4, 0.5) is 19.0 Å². The Morgan fingerprint density at radius 1 is 1.35 bits per heavy atom. The maximum absolute atomic E-state index is 12.8. The molecular formula is C14H12ClF3N2O3. The number of ether oxygens (including phenoxy) is 1. The molecular weight excluding hydrogens is 337 g/mol. The Bertz CT molecular complexity index is 685. The summed E-state index contributed by atoms with van der Waals surface area (Å²) >= 11 is 5.75. The Hall–Kier alpha value is -1.83. The monoisotopic (exact) mass is 348 g/mol. The number of amides is 1. The van der Waals surface area contributed by atoms with Crippen LogP contribution in [0.3, 0.4) is 0 Å². The number of aromatic nitrogens is 1. The minimum absolute atomic E-state index is 0.0505. The number of carbonyl (C=O) groups is 2. The van der Waals surface area contributed by atoms with Crippen molar-refractivity contribution >= 4 is 29.3 Å². The molecule has 1 N–H and O–H groups in total. The van der Waals surface area contributed by atoms with Crippen LogP contribution < -0.4 is 5.32 Å². The van der Waals surface area contributed by atoms with Crippen molar-refractivity contribution in [2.45, 2.75) is 25.4 Å². The molecule has 0 aliphatic heterocycles. The van der Waals surface area contributed by atoms with Gasteiger partial charge in [0.15, 0.2) is 0 Å². The number of pyridine rings is 1. The second-order valence-corrected chi connectivity index (χ2v) is 6.52. The fourth-order valence-electron chi connectivity index (χ4n) is 3.37. The summed E-state index contributed by atoms with van der Waals surface area (Å²) in [4.78, 5) is 27.8. The molecule has 3 aliphatic carbocycles. The highest BCUT2D eigenvalue weighted by molar-refractivity contribution is 6.31. The molecule has 9 heteroatoms. The van der Waals surface area contributed by atoms with E-state index in [0.29, 0.717) is 0 Å². The van der Waals surface area contributed by atoms with E-state index in [1.165, 1.54) is 12.3 Å². The largest absolute Gasteiger partial charge is 0.465 e. The fraction of sp³-hybridized carbons (Fsp3) is 0.500. The first-order valence-electron chi connectivity index (χ1n) is 6.75. The first-order valence-corrected chi connectivity index (χ1v) is 7.12. The molecule has 0 aromatic carbocycles. The zero-order valence-corrected chi connectivity index (χ0v) is 12.7. The molecule has 1 aromatic rings. The summed E-state index contributed by atoms with van der Waals surface area (Å²) in [6, 6.07) is 1.27. The molecule has 1 aromatic heterocycles. The Kier molecular flexibility index (Phi) is 3.37. The zero-order chi connectivity index (χ0) is 17.0. The van der Waals surface area contributed by atoms with Gasteiger partial charge in [0.1, 0.15) is 11.4 Å². The van der Waals surface area contributed by atoms with Crippen LogP contribution in [0.15, 0.2) is 12.3 Å². The van der Waals surface area contributed by atoms with E-state index in [4.69, 9.17) is 11.6 Å². The number of anilines is 1. The van der Waals surface area contributed by atoms with E-state index in [-0.39, 0.29) is 35.7 Å². The van der Waals surface area contributed by atoms with Gasteiger partial charge in [-0.25, -0.2) is 9.78 Å². The van der Waals surface area contributed by atoms with E-state index < -0.39 is 28.9 Å². The van der Waals surface area contributed by atoms with Crippen molar-refractivity contribution in [2.24, 2.45) is 10.8 Å².